The summed E-state index contributed by atoms with van der Waals surface area (Å²) in [5, 5.41) is 5.19. The highest BCUT2D eigenvalue weighted by atomic mass is 16.5. The molecular formula is C21H18N2O2. The fraction of sp³-hybridized carbons (Fsp3) is 0.0952. The van der Waals surface area contributed by atoms with E-state index < -0.39 is 0 Å². The van der Waals surface area contributed by atoms with E-state index in [1.165, 1.54) is 5.39 Å². The van der Waals surface area contributed by atoms with E-state index in [0.29, 0.717) is 5.75 Å². The van der Waals surface area contributed by atoms with Crippen molar-refractivity contribution < 1.29 is 9.53 Å². The fourth-order valence-corrected chi connectivity index (χ4v) is 2.97. The number of carbonyl (C=O) groups excluding carboxylic acids is 1. The molecule has 1 amide bonds. The van der Waals surface area contributed by atoms with Crippen LogP contribution in [0, 0.1) is 6.92 Å². The van der Waals surface area contributed by atoms with Gasteiger partial charge >= 0.3 is 0 Å². The summed E-state index contributed by atoms with van der Waals surface area (Å²) >= 11 is 0. The van der Waals surface area contributed by atoms with Crippen molar-refractivity contribution in [2.75, 3.05) is 11.9 Å². The van der Waals surface area contributed by atoms with Gasteiger partial charge in [-0.15, -0.1) is 0 Å². The van der Waals surface area contributed by atoms with Gasteiger partial charge in [0.1, 0.15) is 5.75 Å². The zero-order chi connectivity index (χ0) is 17.2. The van der Waals surface area contributed by atoms with Crippen molar-refractivity contribution in [2.45, 2.75) is 6.92 Å². The first-order chi connectivity index (χ1) is 12.2. The number of ether oxygens (including phenoxy) is 1. The van der Waals surface area contributed by atoms with Gasteiger partial charge < -0.3 is 15.0 Å². The molecule has 1 aromatic heterocycles. The minimum Gasteiger partial charge on any atom is -0.484 e. The van der Waals surface area contributed by atoms with E-state index in [0.717, 1.165) is 27.7 Å². The van der Waals surface area contributed by atoms with Crippen LogP contribution in [0.15, 0.2) is 66.7 Å². The molecule has 2 N–H and O–H groups in total. The lowest BCUT2D eigenvalue weighted by Gasteiger charge is -2.09. The number of aromatic nitrogens is 1. The molecule has 1 heterocycles. The molecule has 0 bridgehead atoms. The van der Waals surface area contributed by atoms with Gasteiger partial charge in [-0.2, -0.15) is 0 Å². The Hall–Kier alpha value is -3.27. The predicted octanol–water partition coefficient (Wildman–Crippen LogP) is 4.65. The molecule has 0 atom stereocenters. The average Bonchev–Trinajstić information content (AvgIpc) is 3.00. The summed E-state index contributed by atoms with van der Waals surface area (Å²) in [7, 11) is 0. The third-order valence-corrected chi connectivity index (χ3v) is 4.27. The summed E-state index contributed by atoms with van der Waals surface area (Å²) < 4.78 is 5.65. The molecule has 25 heavy (non-hydrogen) atoms. The van der Waals surface area contributed by atoms with Gasteiger partial charge in [-0.25, -0.2) is 0 Å². The zero-order valence-corrected chi connectivity index (χ0v) is 13.9. The summed E-state index contributed by atoms with van der Waals surface area (Å²) in [5.41, 5.74) is 3.92. The molecule has 4 nitrogen and oxygen atoms in total. The molecule has 0 saturated carbocycles. The van der Waals surface area contributed by atoms with Crippen LogP contribution in [0.2, 0.25) is 0 Å². The third kappa shape index (κ3) is 3.06. The molecule has 4 rings (SSSR count). The second-order valence-electron chi connectivity index (χ2n) is 6.03. The number of nitrogens with one attached hydrogen (secondary N) is 2. The number of hydrogen-bond donors (Lipinski definition) is 2. The zero-order valence-electron chi connectivity index (χ0n) is 13.9. The highest BCUT2D eigenvalue weighted by molar-refractivity contribution is 6.07. The highest BCUT2D eigenvalue weighted by Gasteiger charge is 2.08. The first-order valence-corrected chi connectivity index (χ1v) is 8.19. The van der Waals surface area contributed by atoms with E-state index in [9.17, 15) is 4.79 Å². The molecule has 0 fully saturated rings. The first-order valence-electron chi connectivity index (χ1n) is 8.19. The summed E-state index contributed by atoms with van der Waals surface area (Å²) in [6.07, 6.45) is 0. The van der Waals surface area contributed by atoms with Crippen molar-refractivity contribution in [3.05, 3.63) is 72.3 Å². The van der Waals surface area contributed by atoms with Crippen LogP contribution < -0.4 is 10.1 Å². The molecule has 4 heteroatoms. The maximum atomic E-state index is 12.1. The van der Waals surface area contributed by atoms with Gasteiger partial charge in [-0.05, 0) is 36.8 Å². The number of hydrogen-bond acceptors (Lipinski definition) is 2. The first kappa shape index (κ1) is 15.3. The molecule has 0 saturated heterocycles. The largest absolute Gasteiger partial charge is 0.484 e. The number of fused-ring (bicyclic) bond motifs is 3. The number of benzene rings is 3. The van der Waals surface area contributed by atoms with Gasteiger partial charge in [0.15, 0.2) is 6.61 Å². The lowest BCUT2D eigenvalue weighted by molar-refractivity contribution is -0.118. The number of para-hydroxylation sites is 2. The average molecular weight is 330 g/mol. The number of aryl methyl sites for hydroxylation is 1. The van der Waals surface area contributed by atoms with Gasteiger partial charge in [0.05, 0.1) is 5.52 Å². The maximum absolute atomic E-state index is 12.1. The number of carbonyl (C=O) groups is 1. The van der Waals surface area contributed by atoms with E-state index in [-0.39, 0.29) is 12.5 Å². The number of aromatic amines is 1. The van der Waals surface area contributed by atoms with Crippen molar-refractivity contribution in [1.29, 1.82) is 0 Å². The third-order valence-electron chi connectivity index (χ3n) is 4.27. The molecule has 3 aromatic carbocycles. The Balaban J connectivity index is 1.48. The van der Waals surface area contributed by atoms with Gasteiger partial charge in [0.25, 0.3) is 5.91 Å². The van der Waals surface area contributed by atoms with Gasteiger partial charge in [0.2, 0.25) is 0 Å². The second-order valence-corrected chi connectivity index (χ2v) is 6.03. The van der Waals surface area contributed by atoms with Crippen molar-refractivity contribution in [3.8, 4) is 5.75 Å². The van der Waals surface area contributed by atoms with Gasteiger partial charge in [0, 0.05) is 28.0 Å². The summed E-state index contributed by atoms with van der Waals surface area (Å²) in [4.78, 5) is 15.5. The Morgan fingerprint density at radius 2 is 1.72 bits per heavy atom. The monoisotopic (exact) mass is 330 g/mol. The molecule has 0 aliphatic carbocycles. The van der Waals surface area contributed by atoms with E-state index in [1.807, 2.05) is 67.6 Å². The summed E-state index contributed by atoms with van der Waals surface area (Å²) in [5.74, 6) is 0.491. The van der Waals surface area contributed by atoms with Gasteiger partial charge in [-0.1, -0.05) is 36.4 Å². The van der Waals surface area contributed by atoms with Gasteiger partial charge in [-0.3, -0.25) is 4.79 Å². The quantitative estimate of drug-likeness (QED) is 0.572. The van der Waals surface area contributed by atoms with E-state index in [4.69, 9.17) is 4.74 Å². The van der Waals surface area contributed by atoms with Crippen LogP contribution in [0.4, 0.5) is 5.69 Å². The fourth-order valence-electron chi connectivity index (χ4n) is 2.97. The molecular weight excluding hydrogens is 312 g/mol. The van der Waals surface area contributed by atoms with Crippen LogP contribution in [0.3, 0.4) is 0 Å². The molecule has 0 aliphatic heterocycles. The Morgan fingerprint density at radius 1 is 0.960 bits per heavy atom. The van der Waals surface area contributed by atoms with Crippen LogP contribution in [0.1, 0.15) is 5.56 Å². The SMILES string of the molecule is Cc1ccccc1NC(=O)COc1ccc2c(c1)[nH]c1ccccc12. The smallest absolute Gasteiger partial charge is 0.262 e. The Morgan fingerprint density at radius 3 is 2.60 bits per heavy atom. The van der Waals surface area contributed by atoms with Crippen LogP contribution in [-0.2, 0) is 4.79 Å². The minimum atomic E-state index is -0.175. The predicted molar refractivity (Wildman–Crippen MR) is 101 cm³/mol. The van der Waals surface area contributed by atoms with Crippen molar-refractivity contribution in [2.24, 2.45) is 0 Å². The Labute approximate surface area is 145 Å². The maximum Gasteiger partial charge on any atom is 0.262 e. The van der Waals surface area contributed by atoms with Crippen LogP contribution in [-0.4, -0.2) is 17.5 Å². The van der Waals surface area contributed by atoms with Crippen LogP contribution in [0.25, 0.3) is 21.8 Å². The molecule has 0 aliphatic rings. The van der Waals surface area contributed by atoms with Crippen molar-refractivity contribution in [3.63, 3.8) is 0 Å². The Bertz CT molecular complexity index is 1070. The second kappa shape index (κ2) is 6.32. The topological polar surface area (TPSA) is 54.1 Å². The highest BCUT2D eigenvalue weighted by Crippen LogP contribution is 2.28. The van der Waals surface area contributed by atoms with E-state index in [2.05, 4.69) is 16.4 Å². The van der Waals surface area contributed by atoms with Crippen molar-refractivity contribution in [1.82, 2.24) is 4.98 Å². The van der Waals surface area contributed by atoms with Crippen LogP contribution >= 0.6 is 0 Å². The molecule has 0 spiro atoms. The normalized spacial score (nSPS) is 10.9. The number of rotatable bonds is 4. The lowest BCUT2D eigenvalue weighted by Crippen LogP contribution is -2.20. The van der Waals surface area contributed by atoms with Crippen molar-refractivity contribution >= 4 is 33.4 Å². The molecule has 0 radical (unpaired) electrons. The minimum absolute atomic E-state index is 0.0277. The Kier molecular flexibility index (Phi) is 3.86. The number of amides is 1. The number of H-pyrrole nitrogens is 1. The molecule has 4 aromatic rings. The molecule has 0 unspecified atom stereocenters. The number of anilines is 1. The summed E-state index contributed by atoms with van der Waals surface area (Å²) in [6.45, 7) is 1.93. The van der Waals surface area contributed by atoms with E-state index >= 15 is 0 Å². The standard InChI is InChI=1S/C21H18N2O2/c1-14-6-2-4-8-18(14)23-21(24)13-25-15-10-11-17-16-7-3-5-9-19(16)22-20(17)12-15/h2-12,22H,13H2,1H3,(H,23,24). The van der Waals surface area contributed by atoms with Crippen LogP contribution in [0.5, 0.6) is 5.75 Å². The molecule has 124 valence electrons. The lowest BCUT2D eigenvalue weighted by atomic mass is 10.1. The summed E-state index contributed by atoms with van der Waals surface area (Å²) in [6, 6.07) is 21.7. The van der Waals surface area contributed by atoms with E-state index in [1.54, 1.807) is 0 Å².